The average molecular weight is 473 g/mol. The second-order valence-electron chi connectivity index (χ2n) is 7.72. The van der Waals surface area contributed by atoms with Crippen LogP contribution in [0.1, 0.15) is 27.5 Å². The van der Waals surface area contributed by atoms with Crippen LogP contribution in [0.25, 0.3) is 5.76 Å². The number of esters is 1. The van der Waals surface area contributed by atoms with Gasteiger partial charge in [0.15, 0.2) is 0 Å². The smallest absolute Gasteiger partial charge is 0.337 e. The summed E-state index contributed by atoms with van der Waals surface area (Å²) in [6, 6.07) is 18.7. The van der Waals surface area contributed by atoms with Gasteiger partial charge in [-0.25, -0.2) is 4.79 Å². The van der Waals surface area contributed by atoms with Crippen LogP contribution in [-0.2, 0) is 14.3 Å². The van der Waals surface area contributed by atoms with Gasteiger partial charge >= 0.3 is 5.97 Å². The van der Waals surface area contributed by atoms with Gasteiger partial charge in [-0.1, -0.05) is 24.3 Å². The summed E-state index contributed by atoms with van der Waals surface area (Å²) in [5.41, 5.74) is 1.48. The standard InChI is InChI=1S/C27H23NO7/c1-33-20-8-4-6-17(14-20)23-22(24(29)18-7-5-9-21(15-18)34-2)25(30)26(31)28(23)19-12-10-16(11-13-19)27(32)35-3/h4-15,23,29H,1-3H3/b24-22+. The van der Waals surface area contributed by atoms with Crippen LogP contribution in [0.3, 0.4) is 0 Å². The van der Waals surface area contributed by atoms with Crippen LogP contribution < -0.4 is 14.4 Å². The van der Waals surface area contributed by atoms with Crippen LogP contribution >= 0.6 is 0 Å². The maximum Gasteiger partial charge on any atom is 0.337 e. The molecule has 178 valence electrons. The Morgan fingerprint density at radius 3 is 2.09 bits per heavy atom. The molecule has 3 aromatic carbocycles. The molecule has 1 amide bonds. The number of rotatable bonds is 6. The highest BCUT2D eigenvalue weighted by atomic mass is 16.5. The van der Waals surface area contributed by atoms with E-state index in [0.29, 0.717) is 33.9 Å². The van der Waals surface area contributed by atoms with E-state index in [1.165, 1.54) is 38.4 Å². The van der Waals surface area contributed by atoms with Crippen molar-refractivity contribution in [1.29, 1.82) is 0 Å². The van der Waals surface area contributed by atoms with E-state index in [-0.39, 0.29) is 11.3 Å². The Labute approximate surface area is 202 Å². The number of methoxy groups -OCH3 is 3. The summed E-state index contributed by atoms with van der Waals surface area (Å²) in [6.07, 6.45) is 0. The second kappa shape index (κ2) is 9.72. The molecule has 0 spiro atoms. The molecule has 0 aromatic heterocycles. The van der Waals surface area contributed by atoms with Crippen molar-refractivity contribution < 1.29 is 33.7 Å². The molecule has 1 fully saturated rings. The Kier molecular flexibility index (Phi) is 6.55. The highest BCUT2D eigenvalue weighted by Gasteiger charge is 2.47. The summed E-state index contributed by atoms with van der Waals surface area (Å²) < 4.78 is 15.3. The Morgan fingerprint density at radius 1 is 0.829 bits per heavy atom. The zero-order chi connectivity index (χ0) is 25.1. The molecule has 1 unspecified atom stereocenters. The van der Waals surface area contributed by atoms with Crippen molar-refractivity contribution in [2.75, 3.05) is 26.2 Å². The summed E-state index contributed by atoms with van der Waals surface area (Å²) in [6.45, 7) is 0. The fraction of sp³-hybridized carbons (Fsp3) is 0.148. The Balaban J connectivity index is 1.91. The van der Waals surface area contributed by atoms with Crippen LogP contribution in [-0.4, -0.2) is 44.1 Å². The number of carbonyl (C=O) groups excluding carboxylic acids is 3. The molecule has 4 rings (SSSR count). The van der Waals surface area contributed by atoms with Crippen molar-refractivity contribution in [3.05, 3.63) is 95.1 Å². The molecule has 0 saturated carbocycles. The van der Waals surface area contributed by atoms with Crippen molar-refractivity contribution in [1.82, 2.24) is 0 Å². The lowest BCUT2D eigenvalue weighted by Gasteiger charge is -2.26. The fourth-order valence-electron chi connectivity index (χ4n) is 4.03. The number of Topliss-reactive ketones (excluding diaryl/α,β-unsaturated/α-hetero) is 1. The summed E-state index contributed by atoms with van der Waals surface area (Å²) >= 11 is 0. The number of ether oxygens (including phenoxy) is 3. The number of aliphatic hydroxyl groups is 1. The number of aliphatic hydroxyl groups excluding tert-OH is 1. The molecule has 0 radical (unpaired) electrons. The SMILES string of the molecule is COC(=O)c1ccc(N2C(=O)C(=O)/C(=C(/O)c3cccc(OC)c3)C2c2cccc(OC)c2)cc1. The van der Waals surface area contributed by atoms with E-state index < -0.39 is 23.7 Å². The molecular formula is C27H23NO7. The number of amides is 1. The van der Waals surface area contributed by atoms with Gasteiger partial charge < -0.3 is 19.3 Å². The molecule has 8 nitrogen and oxygen atoms in total. The predicted molar refractivity (Wildman–Crippen MR) is 129 cm³/mol. The van der Waals surface area contributed by atoms with Crippen molar-refractivity contribution in [2.24, 2.45) is 0 Å². The monoisotopic (exact) mass is 473 g/mol. The molecule has 0 bridgehead atoms. The highest BCUT2D eigenvalue weighted by Crippen LogP contribution is 2.43. The fourth-order valence-corrected chi connectivity index (χ4v) is 4.03. The number of hydrogen-bond acceptors (Lipinski definition) is 7. The van der Waals surface area contributed by atoms with E-state index in [2.05, 4.69) is 0 Å². The van der Waals surface area contributed by atoms with Gasteiger partial charge in [0.05, 0.1) is 38.5 Å². The van der Waals surface area contributed by atoms with Gasteiger partial charge in [0.2, 0.25) is 0 Å². The summed E-state index contributed by atoms with van der Waals surface area (Å²) in [5, 5.41) is 11.2. The number of carbonyl (C=O) groups is 3. The molecule has 1 atom stereocenters. The maximum absolute atomic E-state index is 13.3. The highest BCUT2D eigenvalue weighted by molar-refractivity contribution is 6.51. The summed E-state index contributed by atoms with van der Waals surface area (Å²) in [7, 11) is 4.28. The minimum atomic E-state index is -0.944. The van der Waals surface area contributed by atoms with E-state index in [1.54, 1.807) is 60.7 Å². The normalized spacial score (nSPS) is 16.8. The Bertz CT molecular complexity index is 1330. The zero-order valence-corrected chi connectivity index (χ0v) is 19.3. The van der Waals surface area contributed by atoms with E-state index in [0.717, 1.165) is 0 Å². The van der Waals surface area contributed by atoms with Crippen LogP contribution in [0.4, 0.5) is 5.69 Å². The Morgan fingerprint density at radius 2 is 1.46 bits per heavy atom. The molecule has 1 heterocycles. The van der Waals surface area contributed by atoms with Crippen LogP contribution in [0.15, 0.2) is 78.4 Å². The van der Waals surface area contributed by atoms with E-state index >= 15 is 0 Å². The van der Waals surface area contributed by atoms with Gasteiger partial charge in [-0.3, -0.25) is 14.5 Å². The third-order valence-electron chi connectivity index (χ3n) is 5.76. The molecule has 35 heavy (non-hydrogen) atoms. The molecule has 1 aliphatic heterocycles. The van der Waals surface area contributed by atoms with Gasteiger partial charge in [-0.05, 0) is 54.1 Å². The van der Waals surface area contributed by atoms with Gasteiger partial charge in [0.25, 0.3) is 11.7 Å². The van der Waals surface area contributed by atoms with E-state index in [9.17, 15) is 19.5 Å². The van der Waals surface area contributed by atoms with Crippen molar-refractivity contribution in [3.63, 3.8) is 0 Å². The minimum Gasteiger partial charge on any atom is -0.507 e. The molecule has 1 saturated heterocycles. The molecule has 1 N–H and O–H groups in total. The first-order valence-corrected chi connectivity index (χ1v) is 10.7. The quantitative estimate of drug-likeness (QED) is 0.249. The lowest BCUT2D eigenvalue weighted by molar-refractivity contribution is -0.132. The topological polar surface area (TPSA) is 102 Å². The van der Waals surface area contributed by atoms with E-state index in [4.69, 9.17) is 14.2 Å². The Hall–Kier alpha value is -4.59. The zero-order valence-electron chi connectivity index (χ0n) is 19.3. The van der Waals surface area contributed by atoms with Gasteiger partial charge in [0, 0.05) is 11.3 Å². The average Bonchev–Trinajstić information content (AvgIpc) is 3.18. The van der Waals surface area contributed by atoms with Crippen molar-refractivity contribution in [2.45, 2.75) is 6.04 Å². The first-order valence-electron chi connectivity index (χ1n) is 10.7. The molecular weight excluding hydrogens is 450 g/mol. The second-order valence-corrected chi connectivity index (χ2v) is 7.72. The van der Waals surface area contributed by atoms with Crippen molar-refractivity contribution in [3.8, 4) is 11.5 Å². The largest absolute Gasteiger partial charge is 0.507 e. The number of ketones is 1. The lowest BCUT2D eigenvalue weighted by Crippen LogP contribution is -2.29. The molecule has 8 heteroatoms. The molecule has 1 aliphatic rings. The van der Waals surface area contributed by atoms with Crippen LogP contribution in [0.2, 0.25) is 0 Å². The summed E-state index contributed by atoms with van der Waals surface area (Å²) in [5.74, 6) is -1.50. The minimum absolute atomic E-state index is 0.0754. The third-order valence-corrected chi connectivity index (χ3v) is 5.76. The van der Waals surface area contributed by atoms with Gasteiger partial charge in [-0.15, -0.1) is 0 Å². The van der Waals surface area contributed by atoms with Gasteiger partial charge in [0.1, 0.15) is 17.3 Å². The van der Waals surface area contributed by atoms with Crippen LogP contribution in [0, 0.1) is 0 Å². The number of benzene rings is 3. The molecule has 3 aromatic rings. The maximum atomic E-state index is 13.3. The first-order chi connectivity index (χ1) is 16.9. The third kappa shape index (κ3) is 4.33. The number of anilines is 1. The number of nitrogens with zero attached hydrogens (tertiary/aromatic N) is 1. The lowest BCUT2D eigenvalue weighted by atomic mass is 9.95. The molecule has 0 aliphatic carbocycles. The summed E-state index contributed by atoms with van der Waals surface area (Å²) in [4.78, 5) is 39.7. The van der Waals surface area contributed by atoms with Crippen molar-refractivity contribution >= 4 is 29.1 Å². The first kappa shape index (κ1) is 23.6. The number of hydrogen-bond donors (Lipinski definition) is 1. The van der Waals surface area contributed by atoms with Gasteiger partial charge in [-0.2, -0.15) is 0 Å². The van der Waals surface area contributed by atoms with E-state index in [1.807, 2.05) is 0 Å². The van der Waals surface area contributed by atoms with Crippen LogP contribution in [0.5, 0.6) is 11.5 Å². The predicted octanol–water partition coefficient (Wildman–Crippen LogP) is 4.12.